The van der Waals surface area contributed by atoms with Crippen molar-refractivity contribution in [3.05, 3.63) is 41.0 Å². The van der Waals surface area contributed by atoms with E-state index in [1.165, 1.54) is 12.8 Å². The molecule has 1 saturated carbocycles. The van der Waals surface area contributed by atoms with Crippen molar-refractivity contribution in [2.75, 3.05) is 13.1 Å². The van der Waals surface area contributed by atoms with Crippen LogP contribution < -0.4 is 0 Å². The fraction of sp³-hybridized carbons (Fsp3) is 0.444. The molecule has 22 heavy (non-hydrogen) atoms. The number of carbonyl (C=O) groups excluding carboxylic acids is 2. The van der Waals surface area contributed by atoms with E-state index >= 15 is 0 Å². The molecule has 2 heterocycles. The van der Waals surface area contributed by atoms with Gasteiger partial charge in [-0.05, 0) is 31.6 Å². The summed E-state index contributed by atoms with van der Waals surface area (Å²) in [5.41, 5.74) is 1.08. The quantitative estimate of drug-likeness (QED) is 0.853. The Morgan fingerprint density at radius 2 is 1.68 bits per heavy atom. The summed E-state index contributed by atoms with van der Waals surface area (Å²) >= 11 is 0. The van der Waals surface area contributed by atoms with Gasteiger partial charge in [0.15, 0.2) is 0 Å². The van der Waals surface area contributed by atoms with Crippen LogP contribution in [0, 0.1) is 5.92 Å². The highest BCUT2D eigenvalue weighted by molar-refractivity contribution is 6.52. The number of ketones is 2. The van der Waals surface area contributed by atoms with Crippen LogP contribution in [0.3, 0.4) is 0 Å². The second-order valence-electron chi connectivity index (χ2n) is 6.63. The molecule has 5 rings (SSSR count). The molecular weight excluding hydrogens is 278 g/mol. The minimum Gasteiger partial charge on any atom is -0.507 e. The average Bonchev–Trinajstić information content (AvgIpc) is 2.58. The summed E-state index contributed by atoms with van der Waals surface area (Å²) in [4.78, 5) is 26.9. The molecule has 0 radical (unpaired) electrons. The number of piperidine rings is 2. The Morgan fingerprint density at radius 3 is 2.32 bits per heavy atom. The standard InChI is InChI=1S/C18H19NO3/c20-16-13-3-1-2-4-14(13)17(21)18(22)15(16)10-19-9-11-5-7-12(19)8-6-11/h1-4,11-12,20H,5-10H2. The van der Waals surface area contributed by atoms with Gasteiger partial charge in [-0.2, -0.15) is 0 Å². The highest BCUT2D eigenvalue weighted by atomic mass is 16.3. The molecule has 0 atom stereocenters. The number of benzene rings is 1. The van der Waals surface area contributed by atoms with Crippen molar-refractivity contribution in [1.82, 2.24) is 4.90 Å². The molecule has 4 aliphatic rings. The first-order chi connectivity index (χ1) is 10.6. The second kappa shape index (κ2) is 5.06. The normalized spacial score (nSPS) is 28.2. The van der Waals surface area contributed by atoms with Gasteiger partial charge >= 0.3 is 0 Å². The lowest BCUT2D eigenvalue weighted by Gasteiger charge is -2.45. The monoisotopic (exact) mass is 297 g/mol. The Labute approximate surface area is 129 Å². The van der Waals surface area contributed by atoms with Crippen molar-refractivity contribution >= 4 is 17.3 Å². The molecule has 2 bridgehead atoms. The van der Waals surface area contributed by atoms with Crippen molar-refractivity contribution < 1.29 is 14.7 Å². The highest BCUT2D eigenvalue weighted by Gasteiger charge is 2.38. The van der Waals surface area contributed by atoms with E-state index in [1.807, 2.05) is 0 Å². The van der Waals surface area contributed by atoms with Crippen LogP contribution in [-0.2, 0) is 4.79 Å². The second-order valence-corrected chi connectivity index (χ2v) is 6.63. The number of hydrogen-bond acceptors (Lipinski definition) is 4. The number of aliphatic hydroxyl groups excluding tert-OH is 1. The molecule has 114 valence electrons. The number of nitrogens with zero attached hydrogens (tertiary/aromatic N) is 1. The molecule has 2 aliphatic heterocycles. The predicted octanol–water partition coefficient (Wildman–Crippen LogP) is 2.60. The van der Waals surface area contributed by atoms with Crippen LogP contribution in [0.25, 0.3) is 5.76 Å². The molecule has 1 aromatic carbocycles. The van der Waals surface area contributed by atoms with E-state index < -0.39 is 11.6 Å². The van der Waals surface area contributed by atoms with Gasteiger partial charge in [0.25, 0.3) is 0 Å². The number of Topliss-reactive ketones (excluding diaryl/α,β-unsaturated/α-hetero) is 2. The van der Waals surface area contributed by atoms with Gasteiger partial charge in [-0.15, -0.1) is 0 Å². The molecule has 0 unspecified atom stereocenters. The van der Waals surface area contributed by atoms with Gasteiger partial charge < -0.3 is 5.11 Å². The summed E-state index contributed by atoms with van der Waals surface area (Å²) in [6.07, 6.45) is 4.86. The third kappa shape index (κ3) is 2.02. The number of aliphatic hydroxyl groups is 1. The Bertz CT molecular complexity index is 683. The molecule has 0 amide bonds. The maximum atomic E-state index is 12.4. The zero-order valence-electron chi connectivity index (χ0n) is 12.4. The Balaban J connectivity index is 1.69. The highest BCUT2D eigenvalue weighted by Crippen LogP contribution is 2.36. The van der Waals surface area contributed by atoms with Crippen LogP contribution in [0.2, 0.25) is 0 Å². The lowest BCUT2D eigenvalue weighted by molar-refractivity contribution is -0.112. The smallest absolute Gasteiger partial charge is 0.234 e. The summed E-state index contributed by atoms with van der Waals surface area (Å²) in [5, 5.41) is 10.5. The lowest BCUT2D eigenvalue weighted by atomic mass is 9.79. The third-order valence-electron chi connectivity index (χ3n) is 5.38. The molecule has 4 nitrogen and oxygen atoms in total. The fourth-order valence-corrected chi connectivity index (χ4v) is 4.13. The molecule has 0 spiro atoms. The van der Waals surface area contributed by atoms with E-state index in [4.69, 9.17) is 0 Å². The third-order valence-corrected chi connectivity index (χ3v) is 5.38. The maximum Gasteiger partial charge on any atom is 0.234 e. The average molecular weight is 297 g/mol. The Hall–Kier alpha value is -1.94. The topological polar surface area (TPSA) is 57.6 Å². The first-order valence-electron chi connectivity index (χ1n) is 7.99. The molecule has 2 saturated heterocycles. The molecule has 1 N–H and O–H groups in total. The van der Waals surface area contributed by atoms with Crippen molar-refractivity contribution in [2.45, 2.75) is 31.7 Å². The van der Waals surface area contributed by atoms with E-state index in [9.17, 15) is 14.7 Å². The molecule has 2 aliphatic carbocycles. The van der Waals surface area contributed by atoms with E-state index in [2.05, 4.69) is 4.90 Å². The van der Waals surface area contributed by atoms with E-state index in [-0.39, 0.29) is 11.3 Å². The number of carbonyl (C=O) groups is 2. The van der Waals surface area contributed by atoms with E-state index in [1.54, 1.807) is 24.3 Å². The van der Waals surface area contributed by atoms with E-state index in [0.29, 0.717) is 29.6 Å². The SMILES string of the molecule is O=C1C(=O)c2ccccc2C(O)=C1CN1CC2CCC1CC2. The van der Waals surface area contributed by atoms with Gasteiger partial charge in [0.05, 0.1) is 5.57 Å². The van der Waals surface area contributed by atoms with Gasteiger partial charge in [0.2, 0.25) is 11.6 Å². The van der Waals surface area contributed by atoms with Crippen molar-refractivity contribution in [1.29, 1.82) is 0 Å². The molecule has 4 heteroatoms. The summed E-state index contributed by atoms with van der Waals surface area (Å²) < 4.78 is 0. The summed E-state index contributed by atoms with van der Waals surface area (Å²) in [6, 6.07) is 7.29. The van der Waals surface area contributed by atoms with Crippen molar-refractivity contribution in [3.63, 3.8) is 0 Å². The van der Waals surface area contributed by atoms with Gasteiger partial charge in [-0.3, -0.25) is 14.5 Å². The largest absolute Gasteiger partial charge is 0.507 e. The first-order valence-corrected chi connectivity index (χ1v) is 7.99. The van der Waals surface area contributed by atoms with Crippen LogP contribution >= 0.6 is 0 Å². The maximum absolute atomic E-state index is 12.4. The fourth-order valence-electron chi connectivity index (χ4n) is 4.13. The minimum absolute atomic E-state index is 0.0124. The summed E-state index contributed by atoms with van der Waals surface area (Å²) in [7, 11) is 0. The van der Waals surface area contributed by atoms with Gasteiger partial charge in [0.1, 0.15) is 5.76 Å². The van der Waals surface area contributed by atoms with Crippen molar-refractivity contribution in [3.8, 4) is 0 Å². The van der Waals surface area contributed by atoms with E-state index in [0.717, 1.165) is 19.4 Å². The summed E-state index contributed by atoms with van der Waals surface area (Å²) in [6.45, 7) is 1.37. The number of rotatable bonds is 2. The van der Waals surface area contributed by atoms with Crippen LogP contribution in [0.1, 0.15) is 41.6 Å². The molecule has 0 aromatic heterocycles. The van der Waals surface area contributed by atoms with Crippen molar-refractivity contribution in [2.24, 2.45) is 5.92 Å². The number of fused-ring (bicyclic) bond motifs is 4. The lowest BCUT2D eigenvalue weighted by Crippen LogP contribution is -2.49. The zero-order valence-corrected chi connectivity index (χ0v) is 12.4. The molecule has 3 fully saturated rings. The van der Waals surface area contributed by atoms with Crippen LogP contribution in [0.5, 0.6) is 0 Å². The Morgan fingerprint density at radius 1 is 1.00 bits per heavy atom. The van der Waals surface area contributed by atoms with Gasteiger partial charge in [-0.1, -0.05) is 24.3 Å². The Kier molecular flexibility index (Phi) is 3.15. The van der Waals surface area contributed by atoms with Crippen LogP contribution in [0.4, 0.5) is 0 Å². The number of hydrogen-bond donors (Lipinski definition) is 1. The first kappa shape index (κ1) is 13.7. The summed E-state index contributed by atoms with van der Waals surface area (Å²) in [5.74, 6) is -0.348. The molecule has 1 aromatic rings. The zero-order chi connectivity index (χ0) is 15.3. The minimum atomic E-state index is -0.544. The van der Waals surface area contributed by atoms with Gasteiger partial charge in [-0.25, -0.2) is 0 Å². The molecular formula is C18H19NO3. The van der Waals surface area contributed by atoms with Gasteiger partial charge in [0, 0.05) is 30.3 Å². The van der Waals surface area contributed by atoms with Crippen LogP contribution in [-0.4, -0.2) is 40.7 Å². The van der Waals surface area contributed by atoms with Crippen LogP contribution in [0.15, 0.2) is 29.8 Å². The predicted molar refractivity (Wildman–Crippen MR) is 82.6 cm³/mol.